The number of hydrogen-bond acceptors (Lipinski definition) is 6. The molecule has 3 aromatic rings. The number of hydrogen-bond donors (Lipinski definition) is 2. The molecule has 2 N–H and O–H groups in total. The highest BCUT2D eigenvalue weighted by molar-refractivity contribution is 5.93. The van der Waals surface area contributed by atoms with Gasteiger partial charge in [0.2, 0.25) is 11.8 Å². The lowest BCUT2D eigenvalue weighted by molar-refractivity contribution is -0.121. The predicted octanol–water partition coefficient (Wildman–Crippen LogP) is 3.04. The molecule has 0 spiro atoms. The first-order chi connectivity index (χ1) is 17.0. The molecule has 1 aromatic heterocycles. The molecule has 1 aliphatic carbocycles. The van der Waals surface area contributed by atoms with E-state index in [1.807, 2.05) is 6.07 Å². The minimum atomic E-state index is -0.392. The van der Waals surface area contributed by atoms with Crippen LogP contribution in [0.2, 0.25) is 0 Å². The third-order valence-electron chi connectivity index (χ3n) is 6.21. The maximum absolute atomic E-state index is 13.3. The van der Waals surface area contributed by atoms with Gasteiger partial charge in [0.05, 0.1) is 30.9 Å². The molecule has 2 amide bonds. The van der Waals surface area contributed by atoms with Crippen molar-refractivity contribution in [2.75, 3.05) is 19.5 Å². The molecule has 0 unspecified atom stereocenters. The Hall–Kier alpha value is -3.88. The lowest BCUT2D eigenvalue weighted by atomic mass is 10.2. The Morgan fingerprint density at radius 3 is 2.57 bits per heavy atom. The van der Waals surface area contributed by atoms with Crippen molar-refractivity contribution in [3.8, 4) is 11.5 Å². The fourth-order valence-corrected chi connectivity index (χ4v) is 4.40. The Labute approximate surface area is 203 Å². The summed E-state index contributed by atoms with van der Waals surface area (Å²) in [5, 5.41) is 5.84. The van der Waals surface area contributed by atoms with Gasteiger partial charge in [0.25, 0.3) is 5.56 Å². The van der Waals surface area contributed by atoms with Crippen LogP contribution in [0.3, 0.4) is 0 Å². The predicted molar refractivity (Wildman–Crippen MR) is 133 cm³/mol. The largest absolute Gasteiger partial charge is 0.497 e. The molecule has 1 saturated carbocycles. The second-order valence-electron chi connectivity index (χ2n) is 8.60. The summed E-state index contributed by atoms with van der Waals surface area (Å²) >= 11 is 0. The highest BCUT2D eigenvalue weighted by Gasteiger charge is 2.19. The van der Waals surface area contributed by atoms with Gasteiger partial charge in [0, 0.05) is 24.9 Å². The summed E-state index contributed by atoms with van der Waals surface area (Å²) in [6, 6.07) is 12.4. The summed E-state index contributed by atoms with van der Waals surface area (Å²) in [7, 11) is 3.05. The Balaban J connectivity index is 1.53. The number of aryl methyl sites for hydroxylation is 1. The fraction of sp³-hybridized carbons (Fsp3) is 0.385. The van der Waals surface area contributed by atoms with Crippen molar-refractivity contribution >= 4 is 28.5 Å². The molecule has 1 aliphatic rings. The van der Waals surface area contributed by atoms with Crippen LogP contribution < -0.4 is 25.7 Å². The molecule has 0 saturated heterocycles. The average Bonchev–Trinajstić information content (AvgIpc) is 3.38. The molecule has 0 atom stereocenters. The second-order valence-corrected chi connectivity index (χ2v) is 8.60. The summed E-state index contributed by atoms with van der Waals surface area (Å²) in [6.07, 6.45) is 4.64. The lowest BCUT2D eigenvalue weighted by Gasteiger charge is -2.15. The molecule has 35 heavy (non-hydrogen) atoms. The van der Waals surface area contributed by atoms with Crippen LogP contribution in [0.4, 0.5) is 5.69 Å². The summed E-state index contributed by atoms with van der Waals surface area (Å²) in [5.74, 6) is 0.565. The van der Waals surface area contributed by atoms with Crippen LogP contribution in [0.15, 0.2) is 47.3 Å². The standard InChI is InChI=1S/C26H30N4O5/c1-34-18-11-12-20(23(15-18)35-2)29-25(32)16-30-22-10-6-5-9-19(22)28-21(26(30)33)13-14-24(31)27-17-7-3-4-8-17/h5-6,9-12,15,17H,3-4,7-8,13-14,16H2,1-2H3,(H,27,31)(H,29,32). The molecule has 2 aromatic carbocycles. The summed E-state index contributed by atoms with van der Waals surface area (Å²) in [5.41, 5.74) is 1.49. The van der Waals surface area contributed by atoms with Crippen LogP contribution in [0.5, 0.6) is 11.5 Å². The number of rotatable bonds is 9. The van der Waals surface area contributed by atoms with Crippen LogP contribution in [-0.4, -0.2) is 41.6 Å². The number of aromatic nitrogens is 2. The van der Waals surface area contributed by atoms with Crippen molar-refractivity contribution in [2.45, 2.75) is 51.1 Å². The summed E-state index contributed by atoms with van der Waals surface area (Å²) in [4.78, 5) is 43.1. The lowest BCUT2D eigenvalue weighted by Crippen LogP contribution is -2.34. The first-order valence-electron chi connectivity index (χ1n) is 11.8. The summed E-state index contributed by atoms with van der Waals surface area (Å²) in [6.45, 7) is -0.210. The van der Waals surface area contributed by atoms with Crippen molar-refractivity contribution in [3.05, 3.63) is 58.5 Å². The minimum Gasteiger partial charge on any atom is -0.497 e. The number of amides is 2. The number of para-hydroxylation sites is 2. The molecule has 184 valence electrons. The van der Waals surface area contributed by atoms with Crippen molar-refractivity contribution in [1.29, 1.82) is 0 Å². The maximum Gasteiger partial charge on any atom is 0.273 e. The van der Waals surface area contributed by atoms with E-state index < -0.39 is 5.91 Å². The Morgan fingerprint density at radius 1 is 1.06 bits per heavy atom. The molecule has 1 fully saturated rings. The zero-order valence-corrected chi connectivity index (χ0v) is 20.0. The van der Waals surface area contributed by atoms with Gasteiger partial charge in [-0.1, -0.05) is 25.0 Å². The molecule has 1 heterocycles. The van der Waals surface area contributed by atoms with Gasteiger partial charge in [-0.25, -0.2) is 4.98 Å². The molecule has 9 heteroatoms. The van der Waals surface area contributed by atoms with E-state index >= 15 is 0 Å². The molecule has 4 rings (SSSR count). The number of methoxy groups -OCH3 is 2. The first-order valence-corrected chi connectivity index (χ1v) is 11.8. The zero-order chi connectivity index (χ0) is 24.8. The molecular weight excluding hydrogens is 448 g/mol. The van der Waals surface area contributed by atoms with Gasteiger partial charge in [0.1, 0.15) is 23.7 Å². The van der Waals surface area contributed by atoms with E-state index in [-0.39, 0.29) is 42.6 Å². The molecule has 0 radical (unpaired) electrons. The van der Waals surface area contributed by atoms with Crippen molar-refractivity contribution in [2.24, 2.45) is 0 Å². The van der Waals surface area contributed by atoms with Gasteiger partial charge >= 0.3 is 0 Å². The Morgan fingerprint density at radius 2 is 1.83 bits per heavy atom. The third-order valence-corrected chi connectivity index (χ3v) is 6.21. The number of nitrogens with one attached hydrogen (secondary N) is 2. The van der Waals surface area contributed by atoms with Gasteiger partial charge in [-0.2, -0.15) is 0 Å². The number of benzene rings is 2. The molecule has 0 bridgehead atoms. The van der Waals surface area contributed by atoms with Crippen molar-refractivity contribution in [1.82, 2.24) is 14.9 Å². The van der Waals surface area contributed by atoms with Crippen molar-refractivity contribution in [3.63, 3.8) is 0 Å². The SMILES string of the molecule is COc1ccc(NC(=O)Cn2c(=O)c(CCC(=O)NC3CCCC3)nc3ccccc32)c(OC)c1. The number of nitrogens with zero attached hydrogens (tertiary/aromatic N) is 2. The van der Waals surface area contributed by atoms with Gasteiger partial charge in [-0.3, -0.25) is 19.0 Å². The van der Waals surface area contributed by atoms with Gasteiger partial charge in [-0.15, -0.1) is 0 Å². The monoisotopic (exact) mass is 478 g/mol. The van der Waals surface area contributed by atoms with Gasteiger partial charge in [0.15, 0.2) is 0 Å². The van der Waals surface area contributed by atoms with Gasteiger partial charge in [-0.05, 0) is 37.1 Å². The number of anilines is 1. The minimum absolute atomic E-state index is 0.0813. The van der Waals surface area contributed by atoms with Gasteiger partial charge < -0.3 is 20.1 Å². The maximum atomic E-state index is 13.3. The molecule has 0 aliphatic heterocycles. The molecular formula is C26H30N4O5. The third kappa shape index (κ3) is 5.79. The second kappa shape index (κ2) is 11.0. The fourth-order valence-electron chi connectivity index (χ4n) is 4.40. The van der Waals surface area contributed by atoms with E-state index in [0.717, 1.165) is 25.7 Å². The van der Waals surface area contributed by atoms with Crippen molar-refractivity contribution < 1.29 is 19.1 Å². The smallest absolute Gasteiger partial charge is 0.273 e. The van der Waals surface area contributed by atoms with E-state index in [4.69, 9.17) is 9.47 Å². The Kier molecular flexibility index (Phi) is 7.64. The van der Waals surface area contributed by atoms with Crippen LogP contribution in [0.25, 0.3) is 11.0 Å². The van der Waals surface area contributed by atoms with Crippen LogP contribution in [0.1, 0.15) is 37.8 Å². The average molecular weight is 479 g/mol. The quantitative estimate of drug-likeness (QED) is 0.489. The van der Waals surface area contributed by atoms with Crippen LogP contribution in [-0.2, 0) is 22.6 Å². The molecule has 9 nitrogen and oxygen atoms in total. The van der Waals surface area contributed by atoms with E-state index in [9.17, 15) is 14.4 Å². The topological polar surface area (TPSA) is 112 Å². The van der Waals surface area contributed by atoms with E-state index in [0.29, 0.717) is 28.2 Å². The number of carbonyl (C=O) groups is 2. The Bertz CT molecular complexity index is 1280. The number of fused-ring (bicyclic) bond motifs is 1. The number of carbonyl (C=O) groups excluding carboxylic acids is 2. The summed E-state index contributed by atoms with van der Waals surface area (Å²) < 4.78 is 11.9. The van der Waals surface area contributed by atoms with Crippen LogP contribution in [0, 0.1) is 0 Å². The highest BCUT2D eigenvalue weighted by Crippen LogP contribution is 2.29. The van der Waals surface area contributed by atoms with Crippen LogP contribution >= 0.6 is 0 Å². The van der Waals surface area contributed by atoms with E-state index in [1.165, 1.54) is 11.7 Å². The van der Waals surface area contributed by atoms with E-state index in [1.54, 1.807) is 43.5 Å². The zero-order valence-electron chi connectivity index (χ0n) is 20.0. The highest BCUT2D eigenvalue weighted by atomic mass is 16.5. The number of ether oxygens (including phenoxy) is 2. The first kappa shape index (κ1) is 24.3. The van der Waals surface area contributed by atoms with E-state index in [2.05, 4.69) is 15.6 Å². The normalized spacial score (nSPS) is 13.5.